The van der Waals surface area contributed by atoms with Crippen molar-refractivity contribution in [3.05, 3.63) is 0 Å². The van der Waals surface area contributed by atoms with Gasteiger partial charge in [0.05, 0.1) is 11.6 Å². The third-order valence-electron chi connectivity index (χ3n) is 3.11. The van der Waals surface area contributed by atoms with Crippen molar-refractivity contribution in [1.29, 1.82) is 0 Å². The summed E-state index contributed by atoms with van der Waals surface area (Å²) in [6.45, 7) is 10.5. The van der Waals surface area contributed by atoms with Gasteiger partial charge in [0.2, 0.25) is 5.91 Å². The van der Waals surface area contributed by atoms with E-state index < -0.39 is 0 Å². The standard InChI is InChI=1S/C14H30N2O2/c1-10(2)8-12(13(17)15-6)16-11(3)9-14(4,5)18-7/h10-12,16H,8-9H2,1-7H3,(H,15,17). The number of methoxy groups -OCH3 is 1. The molecule has 0 aromatic carbocycles. The fraction of sp³-hybridized carbons (Fsp3) is 0.929. The molecule has 0 rings (SSSR count). The Labute approximate surface area is 112 Å². The Morgan fingerprint density at radius 1 is 1.28 bits per heavy atom. The number of ether oxygens (including phenoxy) is 1. The van der Waals surface area contributed by atoms with E-state index >= 15 is 0 Å². The molecule has 0 saturated heterocycles. The van der Waals surface area contributed by atoms with Crippen molar-refractivity contribution < 1.29 is 9.53 Å². The van der Waals surface area contributed by atoms with Gasteiger partial charge in [-0.3, -0.25) is 4.79 Å². The molecule has 2 unspecified atom stereocenters. The first-order valence-corrected chi connectivity index (χ1v) is 6.74. The molecule has 0 aliphatic rings. The van der Waals surface area contributed by atoms with Crippen LogP contribution in [0.25, 0.3) is 0 Å². The molecule has 1 amide bonds. The van der Waals surface area contributed by atoms with Gasteiger partial charge in [-0.05, 0) is 39.5 Å². The van der Waals surface area contributed by atoms with Crippen molar-refractivity contribution in [3.8, 4) is 0 Å². The van der Waals surface area contributed by atoms with Crippen LogP contribution in [0.5, 0.6) is 0 Å². The molecule has 0 fully saturated rings. The maximum absolute atomic E-state index is 11.8. The first-order chi connectivity index (χ1) is 8.21. The molecule has 4 nitrogen and oxygen atoms in total. The highest BCUT2D eigenvalue weighted by atomic mass is 16.5. The highest BCUT2D eigenvalue weighted by Gasteiger charge is 2.25. The number of hydrogen-bond acceptors (Lipinski definition) is 3. The summed E-state index contributed by atoms with van der Waals surface area (Å²) < 4.78 is 5.42. The van der Waals surface area contributed by atoms with Gasteiger partial charge < -0.3 is 15.4 Å². The van der Waals surface area contributed by atoms with E-state index in [9.17, 15) is 4.79 Å². The molecule has 0 aliphatic carbocycles. The van der Waals surface area contributed by atoms with Crippen LogP contribution < -0.4 is 10.6 Å². The Morgan fingerprint density at radius 2 is 1.83 bits per heavy atom. The average molecular weight is 258 g/mol. The molecule has 0 heterocycles. The van der Waals surface area contributed by atoms with Gasteiger partial charge in [-0.1, -0.05) is 13.8 Å². The van der Waals surface area contributed by atoms with E-state index in [2.05, 4.69) is 45.3 Å². The van der Waals surface area contributed by atoms with Crippen LogP contribution in [-0.4, -0.2) is 37.7 Å². The fourth-order valence-electron chi connectivity index (χ4n) is 2.12. The number of rotatable bonds is 8. The van der Waals surface area contributed by atoms with Crippen LogP contribution in [0.15, 0.2) is 0 Å². The molecule has 2 N–H and O–H groups in total. The third-order valence-corrected chi connectivity index (χ3v) is 3.11. The second-order valence-corrected chi connectivity index (χ2v) is 6.03. The van der Waals surface area contributed by atoms with E-state index in [0.717, 1.165) is 12.8 Å². The number of likely N-dealkylation sites (N-methyl/N-ethyl adjacent to an activating group) is 1. The quantitative estimate of drug-likeness (QED) is 0.699. The van der Waals surface area contributed by atoms with Gasteiger partial charge in [0.25, 0.3) is 0 Å². The molecular formula is C14H30N2O2. The van der Waals surface area contributed by atoms with Gasteiger partial charge in [0, 0.05) is 20.2 Å². The second-order valence-electron chi connectivity index (χ2n) is 6.03. The topological polar surface area (TPSA) is 50.4 Å². The molecular weight excluding hydrogens is 228 g/mol. The highest BCUT2D eigenvalue weighted by molar-refractivity contribution is 5.81. The minimum Gasteiger partial charge on any atom is -0.379 e. The molecule has 2 atom stereocenters. The lowest BCUT2D eigenvalue weighted by Crippen LogP contribution is -2.49. The Kier molecular flexibility index (Phi) is 7.48. The molecule has 0 aromatic rings. The van der Waals surface area contributed by atoms with Gasteiger partial charge in [-0.2, -0.15) is 0 Å². The molecule has 18 heavy (non-hydrogen) atoms. The molecule has 4 heteroatoms. The van der Waals surface area contributed by atoms with Crippen molar-refractivity contribution in [1.82, 2.24) is 10.6 Å². The average Bonchev–Trinajstić information content (AvgIpc) is 2.25. The van der Waals surface area contributed by atoms with Crippen LogP contribution in [-0.2, 0) is 9.53 Å². The van der Waals surface area contributed by atoms with Crippen LogP contribution in [0.1, 0.15) is 47.5 Å². The lowest BCUT2D eigenvalue weighted by Gasteiger charge is -2.30. The number of carbonyl (C=O) groups is 1. The van der Waals surface area contributed by atoms with Crippen molar-refractivity contribution >= 4 is 5.91 Å². The smallest absolute Gasteiger partial charge is 0.236 e. The van der Waals surface area contributed by atoms with Crippen LogP contribution in [0.2, 0.25) is 0 Å². The summed E-state index contributed by atoms with van der Waals surface area (Å²) in [5.74, 6) is 0.549. The monoisotopic (exact) mass is 258 g/mol. The number of amides is 1. The molecule has 0 radical (unpaired) electrons. The maximum atomic E-state index is 11.8. The maximum Gasteiger partial charge on any atom is 0.236 e. The van der Waals surface area contributed by atoms with Crippen molar-refractivity contribution in [2.45, 2.75) is 65.1 Å². The Balaban J connectivity index is 4.43. The van der Waals surface area contributed by atoms with Gasteiger partial charge in [0.1, 0.15) is 0 Å². The number of nitrogens with one attached hydrogen (secondary N) is 2. The molecule has 108 valence electrons. The number of carbonyl (C=O) groups excluding carboxylic acids is 1. The summed E-state index contributed by atoms with van der Waals surface area (Å²) in [7, 11) is 3.40. The number of hydrogen-bond donors (Lipinski definition) is 2. The Morgan fingerprint density at radius 3 is 2.22 bits per heavy atom. The van der Waals surface area contributed by atoms with E-state index in [0.29, 0.717) is 5.92 Å². The Bertz CT molecular complexity index is 252. The first-order valence-electron chi connectivity index (χ1n) is 6.74. The van der Waals surface area contributed by atoms with E-state index in [1.807, 2.05) is 0 Å². The van der Waals surface area contributed by atoms with Crippen LogP contribution in [0.4, 0.5) is 0 Å². The summed E-state index contributed by atoms with van der Waals surface area (Å²) >= 11 is 0. The van der Waals surface area contributed by atoms with Crippen molar-refractivity contribution in [2.75, 3.05) is 14.2 Å². The van der Waals surface area contributed by atoms with Gasteiger partial charge in [0.15, 0.2) is 0 Å². The Hall–Kier alpha value is -0.610. The minimum absolute atomic E-state index is 0.0609. The van der Waals surface area contributed by atoms with E-state index in [1.54, 1.807) is 14.2 Å². The van der Waals surface area contributed by atoms with Gasteiger partial charge in [-0.25, -0.2) is 0 Å². The molecule has 0 aliphatic heterocycles. The second kappa shape index (κ2) is 7.74. The van der Waals surface area contributed by atoms with Gasteiger partial charge in [-0.15, -0.1) is 0 Å². The normalized spacial score (nSPS) is 15.6. The minimum atomic E-state index is -0.169. The summed E-state index contributed by atoms with van der Waals surface area (Å²) in [6.07, 6.45) is 1.71. The zero-order valence-electron chi connectivity index (χ0n) is 13.0. The van der Waals surface area contributed by atoms with Crippen molar-refractivity contribution in [2.24, 2.45) is 5.92 Å². The van der Waals surface area contributed by atoms with E-state index in [4.69, 9.17) is 4.74 Å². The van der Waals surface area contributed by atoms with Crippen LogP contribution >= 0.6 is 0 Å². The van der Waals surface area contributed by atoms with Crippen LogP contribution in [0.3, 0.4) is 0 Å². The third kappa shape index (κ3) is 6.97. The van der Waals surface area contributed by atoms with E-state index in [-0.39, 0.29) is 23.6 Å². The lowest BCUT2D eigenvalue weighted by molar-refractivity contribution is -0.123. The first kappa shape index (κ1) is 17.4. The zero-order chi connectivity index (χ0) is 14.3. The van der Waals surface area contributed by atoms with E-state index in [1.165, 1.54) is 0 Å². The largest absolute Gasteiger partial charge is 0.379 e. The summed E-state index contributed by atoms with van der Waals surface area (Å²) in [5, 5.41) is 6.12. The summed E-state index contributed by atoms with van der Waals surface area (Å²) in [5.41, 5.74) is -0.169. The predicted octanol–water partition coefficient (Wildman–Crippen LogP) is 1.94. The van der Waals surface area contributed by atoms with Crippen LogP contribution in [0, 0.1) is 5.92 Å². The van der Waals surface area contributed by atoms with Gasteiger partial charge >= 0.3 is 0 Å². The zero-order valence-corrected chi connectivity index (χ0v) is 13.0. The molecule has 0 aromatic heterocycles. The summed E-state index contributed by atoms with van der Waals surface area (Å²) in [6, 6.07) is 0.110. The highest BCUT2D eigenvalue weighted by Crippen LogP contribution is 2.16. The SMILES string of the molecule is CNC(=O)C(CC(C)C)NC(C)CC(C)(C)OC. The molecule has 0 saturated carbocycles. The molecule has 0 bridgehead atoms. The van der Waals surface area contributed by atoms with Crippen molar-refractivity contribution in [3.63, 3.8) is 0 Å². The fourth-order valence-corrected chi connectivity index (χ4v) is 2.12. The summed E-state index contributed by atoms with van der Waals surface area (Å²) in [4.78, 5) is 11.8. The molecule has 0 spiro atoms. The predicted molar refractivity (Wildman–Crippen MR) is 75.6 cm³/mol. The lowest BCUT2D eigenvalue weighted by atomic mass is 9.97.